The molecule has 0 heterocycles. The SMILES string of the molecule is CCNC(=NCc1ccccc1F)NCCCNc1ccccc1. The van der Waals surface area contributed by atoms with Gasteiger partial charge in [0.15, 0.2) is 5.96 Å². The van der Waals surface area contributed by atoms with Crippen LogP contribution >= 0.6 is 0 Å². The van der Waals surface area contributed by atoms with Crippen LogP contribution in [0.1, 0.15) is 18.9 Å². The third kappa shape index (κ3) is 6.28. The van der Waals surface area contributed by atoms with Crippen molar-refractivity contribution in [2.45, 2.75) is 19.9 Å². The number of halogens is 1. The van der Waals surface area contributed by atoms with Gasteiger partial charge in [0, 0.05) is 30.9 Å². The van der Waals surface area contributed by atoms with Crippen LogP contribution in [-0.4, -0.2) is 25.6 Å². The first-order chi connectivity index (χ1) is 11.8. The Morgan fingerprint density at radius 2 is 1.71 bits per heavy atom. The molecular weight excluding hydrogens is 303 g/mol. The molecule has 128 valence electrons. The van der Waals surface area contributed by atoms with E-state index in [9.17, 15) is 4.39 Å². The van der Waals surface area contributed by atoms with Crippen LogP contribution in [0.3, 0.4) is 0 Å². The molecule has 5 heteroatoms. The van der Waals surface area contributed by atoms with Crippen LogP contribution in [0.4, 0.5) is 10.1 Å². The van der Waals surface area contributed by atoms with Crippen molar-refractivity contribution in [3.63, 3.8) is 0 Å². The van der Waals surface area contributed by atoms with Crippen molar-refractivity contribution >= 4 is 11.6 Å². The van der Waals surface area contributed by atoms with E-state index >= 15 is 0 Å². The predicted molar refractivity (Wildman–Crippen MR) is 98.8 cm³/mol. The van der Waals surface area contributed by atoms with Crippen LogP contribution in [0.25, 0.3) is 0 Å². The lowest BCUT2D eigenvalue weighted by atomic mass is 10.2. The molecule has 0 aliphatic rings. The van der Waals surface area contributed by atoms with Crippen molar-refractivity contribution in [3.05, 3.63) is 66.0 Å². The van der Waals surface area contributed by atoms with Gasteiger partial charge in [-0.15, -0.1) is 0 Å². The molecule has 0 radical (unpaired) electrons. The Labute approximate surface area is 143 Å². The lowest BCUT2D eigenvalue weighted by Crippen LogP contribution is -2.38. The summed E-state index contributed by atoms with van der Waals surface area (Å²) in [6, 6.07) is 16.8. The van der Waals surface area contributed by atoms with Gasteiger partial charge >= 0.3 is 0 Å². The van der Waals surface area contributed by atoms with E-state index in [1.165, 1.54) is 6.07 Å². The summed E-state index contributed by atoms with van der Waals surface area (Å²) in [7, 11) is 0. The number of hydrogen-bond donors (Lipinski definition) is 3. The van der Waals surface area contributed by atoms with E-state index in [1.807, 2.05) is 43.3 Å². The molecule has 3 N–H and O–H groups in total. The standard InChI is InChI=1S/C19H25FN4/c1-2-21-19(24-15-16-9-6-7-12-18(16)20)23-14-8-13-22-17-10-4-3-5-11-17/h3-7,9-12,22H,2,8,13-15H2,1H3,(H2,21,23,24). The summed E-state index contributed by atoms with van der Waals surface area (Å²) in [5, 5.41) is 9.82. The fraction of sp³-hybridized carbons (Fsp3) is 0.316. The molecule has 0 aliphatic heterocycles. The summed E-state index contributed by atoms with van der Waals surface area (Å²) in [6.07, 6.45) is 0.957. The van der Waals surface area contributed by atoms with Gasteiger partial charge in [-0.05, 0) is 31.5 Å². The second-order valence-corrected chi connectivity index (χ2v) is 5.36. The maximum atomic E-state index is 13.6. The van der Waals surface area contributed by atoms with Crippen molar-refractivity contribution in [2.75, 3.05) is 25.0 Å². The van der Waals surface area contributed by atoms with E-state index in [0.29, 0.717) is 18.1 Å². The van der Waals surface area contributed by atoms with Gasteiger partial charge in [0.25, 0.3) is 0 Å². The predicted octanol–water partition coefficient (Wildman–Crippen LogP) is 3.38. The summed E-state index contributed by atoms with van der Waals surface area (Å²) in [5.74, 6) is 0.490. The molecule has 0 aromatic heterocycles. The van der Waals surface area contributed by atoms with E-state index in [0.717, 1.165) is 31.7 Å². The zero-order valence-electron chi connectivity index (χ0n) is 14.1. The Morgan fingerprint density at radius 1 is 0.958 bits per heavy atom. The highest BCUT2D eigenvalue weighted by Gasteiger charge is 2.01. The topological polar surface area (TPSA) is 48.5 Å². The molecular formula is C19H25FN4. The van der Waals surface area contributed by atoms with Crippen molar-refractivity contribution in [1.82, 2.24) is 10.6 Å². The van der Waals surface area contributed by atoms with Crippen molar-refractivity contribution in [2.24, 2.45) is 4.99 Å². The van der Waals surface area contributed by atoms with E-state index in [4.69, 9.17) is 0 Å². The molecule has 0 fully saturated rings. The zero-order chi connectivity index (χ0) is 17.0. The summed E-state index contributed by atoms with van der Waals surface area (Å²) in [6.45, 7) is 4.78. The number of nitrogens with one attached hydrogen (secondary N) is 3. The molecule has 2 aromatic rings. The highest BCUT2D eigenvalue weighted by Crippen LogP contribution is 2.07. The molecule has 4 nitrogen and oxygen atoms in total. The quantitative estimate of drug-likeness (QED) is 0.395. The lowest BCUT2D eigenvalue weighted by molar-refractivity contribution is 0.610. The van der Waals surface area contributed by atoms with Crippen LogP contribution < -0.4 is 16.0 Å². The molecule has 0 bridgehead atoms. The molecule has 0 saturated carbocycles. The second-order valence-electron chi connectivity index (χ2n) is 5.36. The molecule has 0 atom stereocenters. The number of hydrogen-bond acceptors (Lipinski definition) is 2. The number of anilines is 1. The maximum absolute atomic E-state index is 13.6. The van der Waals surface area contributed by atoms with Gasteiger partial charge < -0.3 is 16.0 Å². The van der Waals surface area contributed by atoms with Crippen LogP contribution in [0.5, 0.6) is 0 Å². The van der Waals surface area contributed by atoms with Gasteiger partial charge in [-0.1, -0.05) is 36.4 Å². The van der Waals surface area contributed by atoms with Gasteiger partial charge in [0.1, 0.15) is 5.82 Å². The minimum atomic E-state index is -0.218. The maximum Gasteiger partial charge on any atom is 0.191 e. The Morgan fingerprint density at radius 3 is 2.46 bits per heavy atom. The molecule has 0 aliphatic carbocycles. The third-order valence-corrected chi connectivity index (χ3v) is 3.46. The van der Waals surface area contributed by atoms with Crippen LogP contribution in [-0.2, 0) is 6.54 Å². The Hall–Kier alpha value is -2.56. The minimum Gasteiger partial charge on any atom is -0.385 e. The number of nitrogens with zero attached hydrogens (tertiary/aromatic N) is 1. The molecule has 24 heavy (non-hydrogen) atoms. The summed E-state index contributed by atoms with van der Waals surface area (Å²) >= 11 is 0. The number of guanidine groups is 1. The van der Waals surface area contributed by atoms with Gasteiger partial charge in [-0.2, -0.15) is 0 Å². The first kappa shape index (κ1) is 17.8. The fourth-order valence-electron chi connectivity index (χ4n) is 2.22. The first-order valence-corrected chi connectivity index (χ1v) is 8.34. The highest BCUT2D eigenvalue weighted by atomic mass is 19.1. The van der Waals surface area contributed by atoms with Crippen LogP contribution in [0, 0.1) is 5.82 Å². The average Bonchev–Trinajstić information content (AvgIpc) is 2.61. The Balaban J connectivity index is 1.74. The minimum absolute atomic E-state index is 0.218. The fourth-order valence-corrected chi connectivity index (χ4v) is 2.22. The van der Waals surface area contributed by atoms with Crippen LogP contribution in [0.2, 0.25) is 0 Å². The number of rotatable bonds is 8. The molecule has 2 aromatic carbocycles. The zero-order valence-corrected chi connectivity index (χ0v) is 14.1. The van der Waals surface area contributed by atoms with Crippen molar-refractivity contribution in [1.29, 1.82) is 0 Å². The molecule has 0 amide bonds. The van der Waals surface area contributed by atoms with E-state index in [2.05, 4.69) is 20.9 Å². The smallest absolute Gasteiger partial charge is 0.191 e. The van der Waals surface area contributed by atoms with Crippen molar-refractivity contribution in [3.8, 4) is 0 Å². The second kappa shape index (κ2) is 10.3. The normalized spacial score (nSPS) is 11.2. The largest absolute Gasteiger partial charge is 0.385 e. The first-order valence-electron chi connectivity index (χ1n) is 8.34. The van der Waals surface area contributed by atoms with Gasteiger partial charge in [0.2, 0.25) is 0 Å². The average molecular weight is 328 g/mol. The Bertz CT molecular complexity index is 628. The van der Waals surface area contributed by atoms with Gasteiger partial charge in [-0.3, -0.25) is 0 Å². The number of para-hydroxylation sites is 1. The van der Waals surface area contributed by atoms with E-state index in [1.54, 1.807) is 12.1 Å². The molecule has 2 rings (SSSR count). The lowest BCUT2D eigenvalue weighted by Gasteiger charge is -2.12. The van der Waals surface area contributed by atoms with Gasteiger partial charge in [0.05, 0.1) is 6.54 Å². The molecule has 0 spiro atoms. The van der Waals surface area contributed by atoms with Crippen molar-refractivity contribution < 1.29 is 4.39 Å². The monoisotopic (exact) mass is 328 g/mol. The van der Waals surface area contributed by atoms with E-state index in [-0.39, 0.29) is 5.82 Å². The number of benzene rings is 2. The highest BCUT2D eigenvalue weighted by molar-refractivity contribution is 5.79. The van der Waals surface area contributed by atoms with E-state index < -0.39 is 0 Å². The summed E-state index contributed by atoms with van der Waals surface area (Å²) in [5.41, 5.74) is 1.72. The van der Waals surface area contributed by atoms with Crippen LogP contribution in [0.15, 0.2) is 59.6 Å². The summed E-state index contributed by atoms with van der Waals surface area (Å²) < 4.78 is 13.6. The number of aliphatic imine (C=N–C) groups is 1. The Kier molecular flexibility index (Phi) is 7.60. The molecule has 0 saturated heterocycles. The van der Waals surface area contributed by atoms with Gasteiger partial charge in [-0.25, -0.2) is 9.38 Å². The third-order valence-electron chi connectivity index (χ3n) is 3.46. The molecule has 0 unspecified atom stereocenters. The summed E-state index contributed by atoms with van der Waals surface area (Å²) in [4.78, 5) is 4.43.